The van der Waals surface area contributed by atoms with Crippen LogP contribution in [0.5, 0.6) is 11.5 Å². The molecule has 3 unspecified atom stereocenters. The van der Waals surface area contributed by atoms with Crippen LogP contribution >= 0.6 is 0 Å². The SMILES string of the molecule is Cc1cc2c(cc1Nc1ccccc1)C1(OC(=O)c3ccccc31)c1ccc(N3CC(C)CC3C)cc1O2. The van der Waals surface area contributed by atoms with Gasteiger partial charge < -0.3 is 19.7 Å². The van der Waals surface area contributed by atoms with Crippen molar-refractivity contribution >= 4 is 23.0 Å². The van der Waals surface area contributed by atoms with Crippen molar-refractivity contribution in [2.24, 2.45) is 5.92 Å². The fraction of sp³-hybridized carbons (Fsp3) is 0.242. The molecular formula is C33H30N2O3. The zero-order valence-electron chi connectivity index (χ0n) is 21.8. The summed E-state index contributed by atoms with van der Waals surface area (Å²) in [6, 6.07) is 28.7. The van der Waals surface area contributed by atoms with Crippen molar-refractivity contribution < 1.29 is 14.3 Å². The normalized spacial score (nSPS) is 22.9. The molecule has 5 nitrogen and oxygen atoms in total. The maximum atomic E-state index is 13.3. The minimum atomic E-state index is -1.08. The lowest BCUT2D eigenvalue weighted by Crippen LogP contribution is -2.33. The first kappa shape index (κ1) is 22.9. The molecule has 0 aliphatic carbocycles. The summed E-state index contributed by atoms with van der Waals surface area (Å²) in [5, 5.41) is 3.54. The largest absolute Gasteiger partial charge is 0.456 e. The molecule has 0 saturated carbocycles. The van der Waals surface area contributed by atoms with E-state index in [1.807, 2.05) is 60.7 Å². The molecule has 1 saturated heterocycles. The highest BCUT2D eigenvalue weighted by Gasteiger charge is 2.53. The summed E-state index contributed by atoms with van der Waals surface area (Å²) in [6.07, 6.45) is 1.17. The predicted molar refractivity (Wildman–Crippen MR) is 150 cm³/mol. The van der Waals surface area contributed by atoms with E-state index in [4.69, 9.17) is 9.47 Å². The van der Waals surface area contributed by atoms with E-state index in [9.17, 15) is 4.79 Å². The molecule has 4 aromatic carbocycles. The first-order valence-electron chi connectivity index (χ1n) is 13.3. The van der Waals surface area contributed by atoms with Gasteiger partial charge in [0.2, 0.25) is 0 Å². The summed E-state index contributed by atoms with van der Waals surface area (Å²) >= 11 is 0. The number of benzene rings is 4. The quantitative estimate of drug-likeness (QED) is 0.293. The molecule has 190 valence electrons. The van der Waals surface area contributed by atoms with Crippen LogP contribution in [0.1, 0.15) is 52.9 Å². The smallest absolute Gasteiger partial charge is 0.340 e. The first-order chi connectivity index (χ1) is 18.4. The molecule has 5 heteroatoms. The third-order valence-corrected chi connectivity index (χ3v) is 8.21. The molecule has 3 heterocycles. The average molecular weight is 503 g/mol. The number of para-hydroxylation sites is 1. The predicted octanol–water partition coefficient (Wildman–Crippen LogP) is 7.54. The number of nitrogens with zero attached hydrogens (tertiary/aromatic N) is 1. The monoisotopic (exact) mass is 502 g/mol. The Morgan fingerprint density at radius 3 is 2.42 bits per heavy atom. The van der Waals surface area contributed by atoms with Gasteiger partial charge in [-0.3, -0.25) is 0 Å². The number of aryl methyl sites for hydroxylation is 1. The topological polar surface area (TPSA) is 50.8 Å². The van der Waals surface area contributed by atoms with Crippen molar-refractivity contribution in [1.82, 2.24) is 0 Å². The molecule has 3 atom stereocenters. The molecule has 1 spiro atoms. The molecule has 3 aliphatic rings. The Labute approximate surface area is 223 Å². The number of hydrogen-bond acceptors (Lipinski definition) is 5. The Kier molecular flexibility index (Phi) is 5.05. The van der Waals surface area contributed by atoms with E-state index in [1.54, 1.807) is 0 Å². The van der Waals surface area contributed by atoms with Gasteiger partial charge in [0, 0.05) is 52.4 Å². The summed E-state index contributed by atoms with van der Waals surface area (Å²) in [5.41, 5.74) is 6.14. The highest BCUT2D eigenvalue weighted by molar-refractivity contribution is 5.97. The second kappa shape index (κ2) is 8.38. The van der Waals surface area contributed by atoms with Gasteiger partial charge in [0.1, 0.15) is 11.5 Å². The van der Waals surface area contributed by atoms with E-state index in [2.05, 4.69) is 55.3 Å². The fourth-order valence-corrected chi connectivity index (χ4v) is 6.46. The highest BCUT2D eigenvalue weighted by Crippen LogP contribution is 2.57. The van der Waals surface area contributed by atoms with Crippen molar-refractivity contribution in [3.8, 4) is 11.5 Å². The second-order valence-electron chi connectivity index (χ2n) is 10.9. The average Bonchev–Trinajstić information content (AvgIpc) is 3.41. The molecule has 1 N–H and O–H groups in total. The molecule has 4 aromatic rings. The molecule has 0 radical (unpaired) electrons. The van der Waals surface area contributed by atoms with E-state index in [0.29, 0.717) is 23.3 Å². The number of ether oxygens (including phenoxy) is 2. The zero-order chi connectivity index (χ0) is 26.0. The summed E-state index contributed by atoms with van der Waals surface area (Å²) in [6.45, 7) is 7.66. The van der Waals surface area contributed by atoms with Gasteiger partial charge in [0.15, 0.2) is 5.60 Å². The second-order valence-corrected chi connectivity index (χ2v) is 10.9. The molecule has 0 aromatic heterocycles. The van der Waals surface area contributed by atoms with Gasteiger partial charge in [0.25, 0.3) is 0 Å². The van der Waals surface area contributed by atoms with Crippen LogP contribution in [0, 0.1) is 12.8 Å². The molecule has 7 rings (SSSR count). The van der Waals surface area contributed by atoms with Crippen molar-refractivity contribution in [3.63, 3.8) is 0 Å². The van der Waals surface area contributed by atoms with Crippen LogP contribution in [-0.2, 0) is 10.3 Å². The third-order valence-electron chi connectivity index (χ3n) is 8.21. The fourth-order valence-electron chi connectivity index (χ4n) is 6.46. The number of carbonyl (C=O) groups is 1. The molecule has 0 amide bonds. The molecule has 3 aliphatic heterocycles. The van der Waals surface area contributed by atoms with Crippen LogP contribution in [-0.4, -0.2) is 18.6 Å². The van der Waals surface area contributed by atoms with E-state index < -0.39 is 5.60 Å². The number of rotatable bonds is 3. The molecular weight excluding hydrogens is 472 g/mol. The lowest BCUT2D eigenvalue weighted by Gasteiger charge is -2.38. The summed E-state index contributed by atoms with van der Waals surface area (Å²) in [5.74, 6) is 1.77. The van der Waals surface area contributed by atoms with E-state index in [0.717, 1.165) is 51.6 Å². The summed E-state index contributed by atoms with van der Waals surface area (Å²) < 4.78 is 13.0. The Morgan fingerprint density at radius 2 is 1.63 bits per heavy atom. The molecule has 38 heavy (non-hydrogen) atoms. The van der Waals surface area contributed by atoms with Crippen LogP contribution in [0.15, 0.2) is 84.9 Å². The lowest BCUT2D eigenvalue weighted by molar-refractivity contribution is 0.0224. The van der Waals surface area contributed by atoms with E-state index in [1.165, 1.54) is 6.42 Å². The van der Waals surface area contributed by atoms with Gasteiger partial charge >= 0.3 is 5.97 Å². The van der Waals surface area contributed by atoms with Gasteiger partial charge in [-0.25, -0.2) is 4.79 Å². The van der Waals surface area contributed by atoms with Gasteiger partial charge in [-0.15, -0.1) is 0 Å². The molecule has 0 bridgehead atoms. The van der Waals surface area contributed by atoms with Gasteiger partial charge in [-0.2, -0.15) is 0 Å². The van der Waals surface area contributed by atoms with Crippen molar-refractivity contribution in [1.29, 1.82) is 0 Å². The standard InChI is InChI=1S/C33H30N2O3/c1-20-15-22(3)35(19-20)24-13-14-27-31(17-24)37-30-16-21(2)29(34-23-9-5-4-6-10-23)18-28(30)33(27)26-12-8-7-11-25(26)32(36)38-33/h4-14,16-18,20,22,34H,15,19H2,1-3H3. The zero-order valence-corrected chi connectivity index (χ0v) is 21.8. The van der Waals surface area contributed by atoms with E-state index in [-0.39, 0.29) is 5.97 Å². The Hall–Kier alpha value is -4.25. The van der Waals surface area contributed by atoms with Crippen LogP contribution in [0.3, 0.4) is 0 Å². The number of nitrogens with one attached hydrogen (secondary N) is 1. The minimum Gasteiger partial charge on any atom is -0.456 e. The Morgan fingerprint density at radius 1 is 0.868 bits per heavy atom. The number of hydrogen-bond donors (Lipinski definition) is 1. The molecule has 1 fully saturated rings. The maximum Gasteiger partial charge on any atom is 0.340 e. The minimum absolute atomic E-state index is 0.316. The van der Waals surface area contributed by atoms with Crippen LogP contribution in [0.2, 0.25) is 0 Å². The number of esters is 1. The van der Waals surface area contributed by atoms with Gasteiger partial charge in [0.05, 0.1) is 5.56 Å². The summed E-state index contributed by atoms with van der Waals surface area (Å²) in [7, 11) is 0. The number of anilines is 3. The van der Waals surface area contributed by atoms with Crippen LogP contribution in [0.4, 0.5) is 17.1 Å². The highest BCUT2D eigenvalue weighted by atomic mass is 16.6. The maximum absolute atomic E-state index is 13.3. The Bertz CT molecular complexity index is 1580. The van der Waals surface area contributed by atoms with Crippen LogP contribution < -0.4 is 15.0 Å². The van der Waals surface area contributed by atoms with Gasteiger partial charge in [-0.05, 0) is 74.2 Å². The first-order valence-corrected chi connectivity index (χ1v) is 13.3. The van der Waals surface area contributed by atoms with Crippen LogP contribution in [0.25, 0.3) is 0 Å². The van der Waals surface area contributed by atoms with E-state index >= 15 is 0 Å². The van der Waals surface area contributed by atoms with Crippen molar-refractivity contribution in [2.45, 2.75) is 38.8 Å². The summed E-state index contributed by atoms with van der Waals surface area (Å²) in [4.78, 5) is 15.7. The number of carbonyl (C=O) groups excluding carboxylic acids is 1. The third kappa shape index (κ3) is 3.34. The lowest BCUT2D eigenvalue weighted by atomic mass is 9.77. The van der Waals surface area contributed by atoms with Crippen molar-refractivity contribution in [2.75, 3.05) is 16.8 Å². The van der Waals surface area contributed by atoms with Gasteiger partial charge in [-0.1, -0.05) is 43.3 Å². The van der Waals surface area contributed by atoms with Crippen molar-refractivity contribution in [3.05, 3.63) is 113 Å². The Balaban J connectivity index is 1.42. The number of fused-ring (bicyclic) bond motifs is 6.